The topological polar surface area (TPSA) is 84.9 Å². The molecule has 6 nitrogen and oxygen atoms in total. The van der Waals surface area contributed by atoms with E-state index in [4.69, 9.17) is 4.42 Å². The normalized spacial score (nSPS) is 10.7. The Morgan fingerprint density at radius 2 is 1.90 bits per heavy atom. The molecule has 0 bridgehead atoms. The third-order valence-corrected chi connectivity index (χ3v) is 2.86. The summed E-state index contributed by atoms with van der Waals surface area (Å²) in [6.45, 7) is 3.53. The number of hydrogen-bond donors (Lipinski definition) is 1. The van der Waals surface area contributed by atoms with E-state index in [0.29, 0.717) is 28.7 Å². The molecule has 1 N–H and O–H groups in total. The van der Waals surface area contributed by atoms with Gasteiger partial charge in [-0.25, -0.2) is 9.97 Å². The molecule has 0 saturated heterocycles. The van der Waals surface area contributed by atoms with E-state index in [1.54, 1.807) is 38.4 Å². The van der Waals surface area contributed by atoms with Crippen LogP contribution in [-0.4, -0.2) is 25.3 Å². The third kappa shape index (κ3) is 2.23. The van der Waals surface area contributed by atoms with Crippen LogP contribution in [0.25, 0.3) is 22.6 Å². The molecule has 0 aliphatic heterocycles. The molecule has 2 heterocycles. The molecule has 0 saturated carbocycles. The Kier molecular flexibility index (Phi) is 2.90. The SMILES string of the molecule is Cc1ncc(-c2ccc(-c3cnc(C)o3)cc2O)nn1. The van der Waals surface area contributed by atoms with Crippen LogP contribution >= 0.6 is 0 Å². The number of aromatic hydroxyl groups is 1. The average molecular weight is 268 g/mol. The van der Waals surface area contributed by atoms with Gasteiger partial charge < -0.3 is 9.52 Å². The van der Waals surface area contributed by atoms with Gasteiger partial charge in [0.2, 0.25) is 0 Å². The van der Waals surface area contributed by atoms with Crippen molar-refractivity contribution in [3.63, 3.8) is 0 Å². The first-order chi connectivity index (χ1) is 9.63. The van der Waals surface area contributed by atoms with Crippen molar-refractivity contribution in [1.29, 1.82) is 0 Å². The Morgan fingerprint density at radius 1 is 1.05 bits per heavy atom. The zero-order valence-corrected chi connectivity index (χ0v) is 11.0. The highest BCUT2D eigenvalue weighted by Crippen LogP contribution is 2.32. The van der Waals surface area contributed by atoms with E-state index in [2.05, 4.69) is 20.2 Å². The molecule has 0 aliphatic carbocycles. The highest BCUT2D eigenvalue weighted by atomic mass is 16.4. The summed E-state index contributed by atoms with van der Waals surface area (Å²) in [6.07, 6.45) is 3.20. The van der Waals surface area contributed by atoms with Crippen LogP contribution in [0, 0.1) is 13.8 Å². The van der Waals surface area contributed by atoms with Gasteiger partial charge in [0.1, 0.15) is 17.3 Å². The van der Waals surface area contributed by atoms with E-state index in [1.165, 1.54) is 0 Å². The summed E-state index contributed by atoms with van der Waals surface area (Å²) >= 11 is 0. The van der Waals surface area contributed by atoms with E-state index in [-0.39, 0.29) is 5.75 Å². The molecule has 1 aromatic carbocycles. The minimum Gasteiger partial charge on any atom is -0.507 e. The van der Waals surface area contributed by atoms with Gasteiger partial charge in [-0.3, -0.25) is 0 Å². The Balaban J connectivity index is 2.01. The van der Waals surface area contributed by atoms with Crippen LogP contribution in [-0.2, 0) is 0 Å². The summed E-state index contributed by atoms with van der Waals surface area (Å²) < 4.78 is 5.42. The van der Waals surface area contributed by atoms with E-state index in [9.17, 15) is 5.11 Å². The van der Waals surface area contributed by atoms with E-state index < -0.39 is 0 Å². The average Bonchev–Trinajstić information content (AvgIpc) is 2.87. The number of phenolic OH excluding ortho intramolecular Hbond substituents is 1. The summed E-state index contributed by atoms with van der Waals surface area (Å²) in [4.78, 5) is 8.10. The van der Waals surface area contributed by atoms with Gasteiger partial charge in [0, 0.05) is 18.1 Å². The van der Waals surface area contributed by atoms with Crippen molar-refractivity contribution >= 4 is 0 Å². The van der Waals surface area contributed by atoms with Gasteiger partial charge in [0.15, 0.2) is 11.7 Å². The van der Waals surface area contributed by atoms with Crippen LogP contribution in [0.3, 0.4) is 0 Å². The van der Waals surface area contributed by atoms with Crippen LogP contribution in [0.1, 0.15) is 11.7 Å². The molecule has 0 atom stereocenters. The van der Waals surface area contributed by atoms with Crippen molar-refractivity contribution in [3.05, 3.63) is 42.3 Å². The van der Waals surface area contributed by atoms with Gasteiger partial charge in [0.25, 0.3) is 0 Å². The van der Waals surface area contributed by atoms with E-state index in [1.807, 2.05) is 6.07 Å². The molecule has 3 aromatic rings. The number of aryl methyl sites for hydroxylation is 2. The second-order valence-electron chi connectivity index (χ2n) is 4.37. The van der Waals surface area contributed by atoms with Crippen LogP contribution < -0.4 is 0 Å². The molecule has 2 aromatic heterocycles. The molecule has 0 unspecified atom stereocenters. The second kappa shape index (κ2) is 4.73. The molecule has 20 heavy (non-hydrogen) atoms. The number of nitrogens with zero attached hydrogens (tertiary/aromatic N) is 4. The van der Waals surface area contributed by atoms with Crippen LogP contribution in [0.5, 0.6) is 5.75 Å². The quantitative estimate of drug-likeness (QED) is 0.768. The van der Waals surface area contributed by atoms with Gasteiger partial charge in [-0.15, -0.1) is 10.2 Å². The molecule has 0 aliphatic rings. The predicted molar refractivity (Wildman–Crippen MR) is 71.9 cm³/mol. The first kappa shape index (κ1) is 12.3. The zero-order chi connectivity index (χ0) is 14.1. The van der Waals surface area contributed by atoms with Crippen LogP contribution in [0.15, 0.2) is 35.0 Å². The molecular weight excluding hydrogens is 256 g/mol. The van der Waals surface area contributed by atoms with Crippen molar-refractivity contribution in [3.8, 4) is 28.3 Å². The van der Waals surface area contributed by atoms with Crippen LogP contribution in [0.2, 0.25) is 0 Å². The number of rotatable bonds is 2. The van der Waals surface area contributed by atoms with Gasteiger partial charge in [-0.1, -0.05) is 6.07 Å². The zero-order valence-electron chi connectivity index (χ0n) is 11.0. The molecule has 0 amide bonds. The molecule has 0 fully saturated rings. The maximum atomic E-state index is 10.1. The summed E-state index contributed by atoms with van der Waals surface area (Å²) in [6, 6.07) is 5.19. The number of hydrogen-bond acceptors (Lipinski definition) is 6. The van der Waals surface area contributed by atoms with Crippen molar-refractivity contribution in [2.45, 2.75) is 13.8 Å². The fourth-order valence-corrected chi connectivity index (χ4v) is 1.85. The fourth-order valence-electron chi connectivity index (χ4n) is 1.85. The smallest absolute Gasteiger partial charge is 0.191 e. The van der Waals surface area contributed by atoms with Crippen molar-refractivity contribution in [2.24, 2.45) is 0 Å². The van der Waals surface area contributed by atoms with E-state index >= 15 is 0 Å². The Labute approximate surface area is 115 Å². The van der Waals surface area contributed by atoms with Gasteiger partial charge in [0.05, 0.1) is 12.4 Å². The van der Waals surface area contributed by atoms with Gasteiger partial charge >= 0.3 is 0 Å². The molecule has 100 valence electrons. The summed E-state index contributed by atoms with van der Waals surface area (Å²) in [5, 5.41) is 18.0. The number of oxazole rings is 1. The lowest BCUT2D eigenvalue weighted by molar-refractivity contribution is 0.476. The Bertz CT molecular complexity index is 750. The second-order valence-corrected chi connectivity index (χ2v) is 4.37. The predicted octanol–water partition coefficient (Wildman–Crippen LogP) is 2.52. The molecule has 0 radical (unpaired) electrons. The number of aromatic nitrogens is 4. The molecule has 6 heteroatoms. The lowest BCUT2D eigenvalue weighted by atomic mass is 10.1. The minimum absolute atomic E-state index is 0.0940. The fraction of sp³-hybridized carbons (Fsp3) is 0.143. The Morgan fingerprint density at radius 3 is 2.50 bits per heavy atom. The summed E-state index contributed by atoms with van der Waals surface area (Å²) in [5.74, 6) is 1.87. The molecule has 0 spiro atoms. The highest BCUT2D eigenvalue weighted by Gasteiger charge is 2.10. The lowest BCUT2D eigenvalue weighted by Crippen LogP contribution is -1.93. The molecule has 3 rings (SSSR count). The minimum atomic E-state index is 0.0940. The van der Waals surface area contributed by atoms with E-state index in [0.717, 1.165) is 5.56 Å². The standard InChI is InChI=1S/C14H12N4O2/c1-8-15-6-12(18-17-8)11-4-3-10(5-13(11)19)14-7-16-9(2)20-14/h3-7,19H,1-2H3. The first-order valence-corrected chi connectivity index (χ1v) is 6.06. The third-order valence-electron chi connectivity index (χ3n) is 2.86. The number of phenols is 1. The van der Waals surface area contributed by atoms with Crippen LogP contribution in [0.4, 0.5) is 0 Å². The monoisotopic (exact) mass is 268 g/mol. The first-order valence-electron chi connectivity index (χ1n) is 6.06. The molecular formula is C14H12N4O2. The summed E-state index contributed by atoms with van der Waals surface area (Å²) in [5.41, 5.74) is 1.85. The van der Waals surface area contributed by atoms with Crippen molar-refractivity contribution in [2.75, 3.05) is 0 Å². The number of benzene rings is 1. The van der Waals surface area contributed by atoms with Gasteiger partial charge in [-0.2, -0.15) is 0 Å². The van der Waals surface area contributed by atoms with Gasteiger partial charge in [-0.05, 0) is 19.1 Å². The van der Waals surface area contributed by atoms with Crippen molar-refractivity contribution in [1.82, 2.24) is 20.2 Å². The lowest BCUT2D eigenvalue weighted by Gasteiger charge is -2.05. The maximum absolute atomic E-state index is 10.1. The van der Waals surface area contributed by atoms with Crippen molar-refractivity contribution < 1.29 is 9.52 Å². The summed E-state index contributed by atoms with van der Waals surface area (Å²) in [7, 11) is 0. The highest BCUT2D eigenvalue weighted by molar-refractivity contribution is 5.71. The maximum Gasteiger partial charge on any atom is 0.191 e. The Hall–Kier alpha value is -2.76. The largest absolute Gasteiger partial charge is 0.507 e.